The Balaban J connectivity index is 1.67. The highest BCUT2D eigenvalue weighted by atomic mass is 35.5. The van der Waals surface area contributed by atoms with Crippen LogP contribution in [0.1, 0.15) is 11.1 Å². The van der Waals surface area contributed by atoms with E-state index in [1.807, 2.05) is 18.2 Å². The van der Waals surface area contributed by atoms with Gasteiger partial charge < -0.3 is 14.4 Å². The van der Waals surface area contributed by atoms with Gasteiger partial charge in [-0.25, -0.2) is 0 Å². The SMILES string of the molecule is COC(=O)CN1C(=S)N(c2ccc(Cl)cc2)C(=O)/C1=C/c1cc(Cl)c(OCc2ccccc2Cl)c(Cl)c1. The number of ether oxygens (including phenoxy) is 2. The van der Waals surface area contributed by atoms with Crippen molar-refractivity contribution >= 4 is 87.4 Å². The van der Waals surface area contributed by atoms with Gasteiger partial charge in [-0.3, -0.25) is 14.5 Å². The smallest absolute Gasteiger partial charge is 0.325 e. The fourth-order valence-corrected chi connectivity index (χ4v) is 4.85. The first-order valence-electron chi connectivity index (χ1n) is 10.7. The molecule has 1 aliphatic heterocycles. The van der Waals surface area contributed by atoms with E-state index < -0.39 is 11.9 Å². The number of hydrogen-bond donors (Lipinski definition) is 0. The van der Waals surface area contributed by atoms with Gasteiger partial charge in [-0.2, -0.15) is 0 Å². The molecule has 0 unspecified atom stereocenters. The van der Waals surface area contributed by atoms with Gasteiger partial charge in [0.2, 0.25) is 0 Å². The van der Waals surface area contributed by atoms with Crippen molar-refractivity contribution in [3.05, 3.63) is 97.6 Å². The normalized spacial score (nSPS) is 14.5. The predicted molar refractivity (Wildman–Crippen MR) is 150 cm³/mol. The molecule has 1 saturated heterocycles. The second-order valence-corrected chi connectivity index (χ2v) is 9.81. The molecule has 0 bridgehead atoms. The van der Waals surface area contributed by atoms with Gasteiger partial charge in [0.15, 0.2) is 10.9 Å². The molecule has 0 spiro atoms. The molecule has 3 aromatic carbocycles. The van der Waals surface area contributed by atoms with Crippen LogP contribution in [0.25, 0.3) is 6.08 Å². The Hall–Kier alpha value is -2.81. The summed E-state index contributed by atoms with van der Waals surface area (Å²) < 4.78 is 10.6. The van der Waals surface area contributed by atoms with Crippen LogP contribution in [0.5, 0.6) is 5.75 Å². The van der Waals surface area contributed by atoms with E-state index in [1.54, 1.807) is 48.5 Å². The molecule has 0 aromatic heterocycles. The molecular weight excluding hydrogens is 578 g/mol. The molecule has 190 valence electrons. The fourth-order valence-electron chi connectivity index (χ4n) is 3.57. The largest absolute Gasteiger partial charge is 0.486 e. The summed E-state index contributed by atoms with van der Waals surface area (Å²) in [4.78, 5) is 28.3. The van der Waals surface area contributed by atoms with Crippen LogP contribution >= 0.6 is 58.6 Å². The van der Waals surface area contributed by atoms with E-state index in [9.17, 15) is 9.59 Å². The number of hydrogen-bond acceptors (Lipinski definition) is 5. The Morgan fingerprint density at radius 2 is 1.62 bits per heavy atom. The number of thiocarbonyl (C=S) groups is 1. The van der Waals surface area contributed by atoms with Gasteiger partial charge >= 0.3 is 5.97 Å². The zero-order valence-electron chi connectivity index (χ0n) is 19.2. The average Bonchev–Trinajstić information content (AvgIpc) is 3.09. The Bertz CT molecular complexity index is 1390. The number of amides is 1. The lowest BCUT2D eigenvalue weighted by molar-refractivity contribution is -0.140. The molecule has 1 aliphatic rings. The minimum Gasteiger partial charge on any atom is -0.486 e. The molecule has 6 nitrogen and oxygen atoms in total. The summed E-state index contributed by atoms with van der Waals surface area (Å²) in [7, 11) is 1.25. The Morgan fingerprint density at radius 1 is 0.973 bits per heavy atom. The van der Waals surface area contributed by atoms with Gasteiger partial charge in [-0.1, -0.05) is 64.6 Å². The minimum atomic E-state index is -0.571. The molecule has 4 rings (SSSR count). The maximum Gasteiger partial charge on any atom is 0.325 e. The standard InChI is InChI=1S/C26H18Cl4N2O4S/c1-35-23(33)13-31-22(25(34)32(26(31)37)18-8-6-17(27)7-9-18)12-15-10-20(29)24(21(30)11-15)36-14-16-4-2-3-5-19(16)28/h2-12H,13-14H2,1H3/b22-12-. The van der Waals surface area contributed by atoms with Crippen LogP contribution in [0.4, 0.5) is 5.69 Å². The second kappa shape index (κ2) is 11.7. The van der Waals surface area contributed by atoms with Crippen molar-refractivity contribution < 1.29 is 19.1 Å². The van der Waals surface area contributed by atoms with Crippen LogP contribution in [0.15, 0.2) is 66.4 Å². The third-order valence-electron chi connectivity index (χ3n) is 5.39. The Kier molecular flexibility index (Phi) is 8.62. The molecule has 37 heavy (non-hydrogen) atoms. The summed E-state index contributed by atoms with van der Waals surface area (Å²) in [5.41, 5.74) is 1.91. The molecule has 0 radical (unpaired) electrons. The number of nitrogens with zero attached hydrogens (tertiary/aromatic N) is 2. The van der Waals surface area contributed by atoms with E-state index in [1.165, 1.54) is 16.9 Å². The van der Waals surface area contributed by atoms with Crippen LogP contribution in [0.2, 0.25) is 20.1 Å². The highest BCUT2D eigenvalue weighted by molar-refractivity contribution is 7.80. The number of carbonyl (C=O) groups is 2. The summed E-state index contributed by atoms with van der Waals surface area (Å²) in [6.07, 6.45) is 1.54. The lowest BCUT2D eigenvalue weighted by Crippen LogP contribution is -2.35. The van der Waals surface area contributed by atoms with E-state index in [0.29, 0.717) is 21.3 Å². The van der Waals surface area contributed by atoms with Gasteiger partial charge in [0, 0.05) is 15.6 Å². The molecule has 1 amide bonds. The molecule has 11 heteroatoms. The summed E-state index contributed by atoms with van der Waals surface area (Å²) in [6, 6.07) is 17.0. The fraction of sp³-hybridized carbons (Fsp3) is 0.115. The minimum absolute atomic E-state index is 0.112. The molecule has 0 aliphatic carbocycles. The van der Waals surface area contributed by atoms with Crippen molar-refractivity contribution in [3.63, 3.8) is 0 Å². The summed E-state index contributed by atoms with van der Waals surface area (Å²) in [5.74, 6) is -0.742. The first kappa shape index (κ1) is 27.2. The number of esters is 1. The number of anilines is 1. The van der Waals surface area contributed by atoms with Gasteiger partial charge in [-0.15, -0.1) is 0 Å². The molecule has 1 heterocycles. The van der Waals surface area contributed by atoms with E-state index in [4.69, 9.17) is 68.1 Å². The quantitative estimate of drug-likeness (QED) is 0.166. The lowest BCUT2D eigenvalue weighted by Gasteiger charge is -2.19. The number of benzene rings is 3. The summed E-state index contributed by atoms with van der Waals surface area (Å²) >= 11 is 30.7. The van der Waals surface area contributed by atoms with Crippen molar-refractivity contribution in [2.24, 2.45) is 0 Å². The average molecular weight is 596 g/mol. The third-order valence-corrected chi connectivity index (χ3v) is 6.97. The molecule has 3 aromatic rings. The van der Waals surface area contributed by atoms with Crippen LogP contribution in [0, 0.1) is 0 Å². The Morgan fingerprint density at radius 3 is 2.24 bits per heavy atom. The Labute approximate surface area is 238 Å². The lowest BCUT2D eigenvalue weighted by atomic mass is 10.1. The van der Waals surface area contributed by atoms with Gasteiger partial charge in [-0.05, 0) is 66.3 Å². The van der Waals surface area contributed by atoms with Crippen LogP contribution in [-0.4, -0.2) is 35.5 Å². The summed E-state index contributed by atoms with van der Waals surface area (Å²) in [5, 5.41) is 1.63. The van der Waals surface area contributed by atoms with Crippen molar-refractivity contribution in [2.75, 3.05) is 18.6 Å². The van der Waals surface area contributed by atoms with Crippen LogP contribution in [-0.2, 0) is 20.9 Å². The zero-order chi connectivity index (χ0) is 26.7. The topological polar surface area (TPSA) is 59.1 Å². The molecule has 0 atom stereocenters. The number of rotatable bonds is 7. The summed E-state index contributed by atoms with van der Waals surface area (Å²) in [6.45, 7) is -0.104. The van der Waals surface area contributed by atoms with Crippen molar-refractivity contribution in [1.29, 1.82) is 0 Å². The predicted octanol–water partition coefficient (Wildman–Crippen LogP) is 7.03. The van der Waals surface area contributed by atoms with Crippen LogP contribution < -0.4 is 9.64 Å². The van der Waals surface area contributed by atoms with Gasteiger partial charge in [0.05, 0.1) is 22.8 Å². The molecule has 0 saturated carbocycles. The van der Waals surface area contributed by atoms with E-state index in [-0.39, 0.29) is 39.8 Å². The van der Waals surface area contributed by atoms with Gasteiger partial charge in [0.1, 0.15) is 18.8 Å². The first-order chi connectivity index (χ1) is 17.7. The first-order valence-corrected chi connectivity index (χ1v) is 12.7. The van der Waals surface area contributed by atoms with Crippen molar-refractivity contribution in [1.82, 2.24) is 4.90 Å². The highest BCUT2D eigenvalue weighted by Crippen LogP contribution is 2.37. The van der Waals surface area contributed by atoms with E-state index in [0.717, 1.165) is 5.56 Å². The zero-order valence-corrected chi connectivity index (χ0v) is 23.1. The number of halogens is 4. The molecular formula is C26H18Cl4N2O4S. The maximum atomic E-state index is 13.5. The van der Waals surface area contributed by atoms with E-state index >= 15 is 0 Å². The van der Waals surface area contributed by atoms with E-state index in [2.05, 4.69) is 0 Å². The third kappa shape index (κ3) is 6.03. The van der Waals surface area contributed by atoms with Crippen molar-refractivity contribution in [3.8, 4) is 5.75 Å². The monoisotopic (exact) mass is 594 g/mol. The van der Waals surface area contributed by atoms with Gasteiger partial charge in [0.25, 0.3) is 5.91 Å². The van der Waals surface area contributed by atoms with Crippen LogP contribution in [0.3, 0.4) is 0 Å². The maximum absolute atomic E-state index is 13.5. The number of methoxy groups -OCH3 is 1. The number of carbonyl (C=O) groups excluding carboxylic acids is 2. The highest BCUT2D eigenvalue weighted by Gasteiger charge is 2.40. The molecule has 1 fully saturated rings. The second-order valence-electron chi connectivity index (χ2n) is 7.79. The molecule has 0 N–H and O–H groups in total. The van der Waals surface area contributed by atoms with Crippen molar-refractivity contribution in [2.45, 2.75) is 6.61 Å².